The van der Waals surface area contributed by atoms with Crippen molar-refractivity contribution in [1.29, 1.82) is 0 Å². The third-order valence-corrected chi connectivity index (χ3v) is 6.81. The van der Waals surface area contributed by atoms with Gasteiger partial charge in [-0.1, -0.05) is 0 Å². The molecule has 8 heteroatoms. The number of pyridine rings is 1. The lowest BCUT2D eigenvalue weighted by Gasteiger charge is -2.41. The second kappa shape index (κ2) is 6.74. The molecule has 2 fully saturated rings. The Hall–Kier alpha value is -2.58. The van der Waals surface area contributed by atoms with Gasteiger partial charge in [-0.2, -0.15) is 0 Å². The van der Waals surface area contributed by atoms with Crippen molar-refractivity contribution in [2.45, 2.75) is 38.5 Å². The van der Waals surface area contributed by atoms with Crippen LogP contribution in [0.25, 0.3) is 0 Å². The van der Waals surface area contributed by atoms with Crippen LogP contribution < -0.4 is 16.2 Å². The minimum atomic E-state index is -0.0483. The van der Waals surface area contributed by atoms with Gasteiger partial charge in [0.05, 0.1) is 36.2 Å². The standard InChI is InChI=1S/C21H26N6O2/c1-13-18(22)21(12-29-13)5-9-27(10-6-21)20-25-15-11-24-17(14-3-7-23-8-4-14)16(15)19(28)26(20)2/h3-4,7-8,13,18H,5-6,9-12,22H2,1-2H3/t13-,18+/m0/s1. The number of piperidine rings is 1. The maximum absolute atomic E-state index is 13.2. The van der Waals surface area contributed by atoms with Crippen LogP contribution in [-0.2, 0) is 18.3 Å². The molecule has 0 aromatic carbocycles. The smallest absolute Gasteiger partial charge is 0.264 e. The van der Waals surface area contributed by atoms with Crippen molar-refractivity contribution < 1.29 is 4.74 Å². The predicted octanol–water partition coefficient (Wildman–Crippen LogP) is 0.859. The number of hydrogen-bond donors (Lipinski definition) is 1. The molecule has 2 atom stereocenters. The molecule has 152 valence electrons. The molecular weight excluding hydrogens is 368 g/mol. The second-order valence-corrected chi connectivity index (χ2v) is 8.39. The van der Waals surface area contributed by atoms with E-state index in [0.29, 0.717) is 17.8 Å². The minimum Gasteiger partial charge on any atom is -0.376 e. The van der Waals surface area contributed by atoms with Crippen LogP contribution in [0, 0.1) is 5.41 Å². The van der Waals surface area contributed by atoms with Gasteiger partial charge in [-0.05, 0) is 31.9 Å². The normalized spacial score (nSPS) is 25.3. The fourth-order valence-corrected chi connectivity index (χ4v) is 4.87. The topological polar surface area (TPSA) is 98.6 Å². The van der Waals surface area contributed by atoms with E-state index < -0.39 is 0 Å². The van der Waals surface area contributed by atoms with Crippen LogP contribution in [0.5, 0.6) is 0 Å². The SMILES string of the molecule is C[C@@H]1OCC2(CCN(c3nc4c(c(=O)n3C)C(c3ccncc3)=NC4)CC2)[C@@H]1N. The fourth-order valence-electron chi connectivity index (χ4n) is 4.87. The summed E-state index contributed by atoms with van der Waals surface area (Å²) < 4.78 is 7.48. The van der Waals surface area contributed by atoms with Crippen LogP contribution in [0.2, 0.25) is 0 Å². The molecule has 0 radical (unpaired) electrons. The summed E-state index contributed by atoms with van der Waals surface area (Å²) in [5.41, 5.74) is 9.40. The molecule has 5 rings (SSSR count). The molecule has 0 amide bonds. The minimum absolute atomic E-state index is 0.0448. The van der Waals surface area contributed by atoms with Crippen molar-refractivity contribution in [2.24, 2.45) is 23.2 Å². The summed E-state index contributed by atoms with van der Waals surface area (Å²) in [5, 5.41) is 0. The Balaban J connectivity index is 1.43. The van der Waals surface area contributed by atoms with Crippen molar-refractivity contribution >= 4 is 11.7 Å². The highest BCUT2D eigenvalue weighted by molar-refractivity contribution is 6.14. The number of aliphatic imine (C=N–C) groups is 1. The van der Waals surface area contributed by atoms with Crippen LogP contribution in [0.3, 0.4) is 0 Å². The van der Waals surface area contributed by atoms with Crippen molar-refractivity contribution in [3.05, 3.63) is 51.7 Å². The molecule has 0 saturated carbocycles. The first-order valence-electron chi connectivity index (χ1n) is 10.2. The Morgan fingerprint density at radius 2 is 1.97 bits per heavy atom. The van der Waals surface area contributed by atoms with Gasteiger partial charge in [0, 0.05) is 49.6 Å². The highest BCUT2D eigenvalue weighted by Crippen LogP contribution is 2.41. The Morgan fingerprint density at radius 3 is 2.62 bits per heavy atom. The Morgan fingerprint density at radius 1 is 1.24 bits per heavy atom. The molecule has 0 bridgehead atoms. The fraction of sp³-hybridized carbons (Fsp3) is 0.524. The first kappa shape index (κ1) is 18.4. The lowest BCUT2D eigenvalue weighted by molar-refractivity contribution is 0.0973. The van der Waals surface area contributed by atoms with Gasteiger partial charge in [0.15, 0.2) is 0 Å². The number of aromatic nitrogens is 3. The molecule has 3 aliphatic rings. The van der Waals surface area contributed by atoms with E-state index >= 15 is 0 Å². The molecular formula is C21H26N6O2. The Bertz CT molecular complexity index is 1020. The number of hydrogen-bond acceptors (Lipinski definition) is 7. The molecule has 29 heavy (non-hydrogen) atoms. The molecule has 0 unspecified atom stereocenters. The van der Waals surface area contributed by atoms with Crippen LogP contribution in [0.15, 0.2) is 34.3 Å². The zero-order chi connectivity index (χ0) is 20.2. The van der Waals surface area contributed by atoms with E-state index in [4.69, 9.17) is 15.5 Å². The molecule has 5 heterocycles. The summed E-state index contributed by atoms with van der Waals surface area (Å²) in [6, 6.07) is 3.82. The number of ether oxygens (including phenoxy) is 1. The lowest BCUT2D eigenvalue weighted by atomic mass is 9.73. The van der Waals surface area contributed by atoms with E-state index in [1.807, 2.05) is 12.1 Å². The van der Waals surface area contributed by atoms with Gasteiger partial charge < -0.3 is 15.4 Å². The van der Waals surface area contributed by atoms with E-state index in [-0.39, 0.29) is 23.1 Å². The highest BCUT2D eigenvalue weighted by Gasteiger charge is 2.47. The average Bonchev–Trinajstić information content (AvgIpc) is 3.30. The van der Waals surface area contributed by atoms with Crippen LogP contribution in [0.4, 0.5) is 5.95 Å². The van der Waals surface area contributed by atoms with Gasteiger partial charge in [-0.25, -0.2) is 4.98 Å². The number of fused-ring (bicyclic) bond motifs is 1. The van der Waals surface area contributed by atoms with E-state index in [0.717, 1.165) is 49.7 Å². The van der Waals surface area contributed by atoms with Crippen molar-refractivity contribution in [2.75, 3.05) is 24.6 Å². The molecule has 2 saturated heterocycles. The van der Waals surface area contributed by atoms with E-state index in [9.17, 15) is 4.79 Å². The zero-order valence-electron chi connectivity index (χ0n) is 16.8. The lowest BCUT2D eigenvalue weighted by Crippen LogP contribution is -2.51. The third kappa shape index (κ3) is 2.81. The van der Waals surface area contributed by atoms with Crippen LogP contribution in [0.1, 0.15) is 36.6 Å². The second-order valence-electron chi connectivity index (χ2n) is 8.39. The first-order valence-corrected chi connectivity index (χ1v) is 10.2. The maximum atomic E-state index is 13.2. The molecule has 2 aromatic heterocycles. The highest BCUT2D eigenvalue weighted by atomic mass is 16.5. The van der Waals surface area contributed by atoms with Gasteiger partial charge in [0.2, 0.25) is 5.95 Å². The largest absolute Gasteiger partial charge is 0.376 e. The van der Waals surface area contributed by atoms with Crippen molar-refractivity contribution in [3.63, 3.8) is 0 Å². The Labute approximate surface area is 169 Å². The first-order chi connectivity index (χ1) is 14.0. The van der Waals surface area contributed by atoms with Gasteiger partial charge in [-0.15, -0.1) is 0 Å². The van der Waals surface area contributed by atoms with Gasteiger partial charge >= 0.3 is 0 Å². The molecule has 8 nitrogen and oxygen atoms in total. The summed E-state index contributed by atoms with van der Waals surface area (Å²) in [5.74, 6) is 0.718. The van der Waals surface area contributed by atoms with Gasteiger partial charge in [-0.3, -0.25) is 19.3 Å². The van der Waals surface area contributed by atoms with Gasteiger partial charge in [0.25, 0.3) is 5.56 Å². The van der Waals surface area contributed by atoms with Crippen molar-refractivity contribution in [3.8, 4) is 0 Å². The molecule has 2 N–H and O–H groups in total. The summed E-state index contributed by atoms with van der Waals surface area (Å²) in [7, 11) is 1.80. The quantitative estimate of drug-likeness (QED) is 0.811. The summed E-state index contributed by atoms with van der Waals surface area (Å²) >= 11 is 0. The van der Waals surface area contributed by atoms with Crippen molar-refractivity contribution in [1.82, 2.24) is 14.5 Å². The molecule has 3 aliphatic heterocycles. The van der Waals surface area contributed by atoms with E-state index in [1.165, 1.54) is 0 Å². The number of anilines is 1. The number of nitrogens with two attached hydrogens (primary N) is 1. The van der Waals surface area contributed by atoms with Crippen LogP contribution >= 0.6 is 0 Å². The zero-order valence-corrected chi connectivity index (χ0v) is 16.8. The molecule has 2 aromatic rings. The predicted molar refractivity (Wildman–Crippen MR) is 110 cm³/mol. The number of nitrogens with zero attached hydrogens (tertiary/aromatic N) is 5. The summed E-state index contributed by atoms with van der Waals surface area (Å²) in [6.45, 7) is 4.85. The summed E-state index contributed by atoms with van der Waals surface area (Å²) in [6.07, 6.45) is 5.43. The molecule has 0 aliphatic carbocycles. The van der Waals surface area contributed by atoms with E-state index in [1.54, 1.807) is 24.0 Å². The van der Waals surface area contributed by atoms with Crippen LogP contribution in [-0.4, -0.2) is 52.1 Å². The third-order valence-electron chi connectivity index (χ3n) is 6.81. The summed E-state index contributed by atoms with van der Waals surface area (Å²) in [4.78, 5) is 28.9. The number of rotatable bonds is 2. The monoisotopic (exact) mass is 394 g/mol. The average molecular weight is 394 g/mol. The van der Waals surface area contributed by atoms with Gasteiger partial charge in [0.1, 0.15) is 0 Å². The Kier molecular flexibility index (Phi) is 4.29. The van der Waals surface area contributed by atoms with E-state index in [2.05, 4.69) is 21.8 Å². The molecule has 1 spiro atoms. The maximum Gasteiger partial charge on any atom is 0.264 e.